The molecule has 4 rings (SSSR count). The van der Waals surface area contributed by atoms with Crippen molar-refractivity contribution in [1.29, 1.82) is 0 Å². The van der Waals surface area contributed by atoms with Gasteiger partial charge in [-0.3, -0.25) is 4.79 Å². The van der Waals surface area contributed by atoms with Gasteiger partial charge in [0.25, 0.3) is 0 Å². The summed E-state index contributed by atoms with van der Waals surface area (Å²) in [5, 5.41) is 21.1. The van der Waals surface area contributed by atoms with Gasteiger partial charge in [-0.25, -0.2) is 0 Å². The summed E-state index contributed by atoms with van der Waals surface area (Å²) in [7, 11) is 0. The van der Waals surface area contributed by atoms with Crippen LogP contribution in [0.5, 0.6) is 0 Å². The number of ether oxygens (including phenoxy) is 1. The number of carbonyl (C=O) groups excluding carboxylic acids is 1. The largest absolute Gasteiger partial charge is 0.433 e. The molecule has 7 atom stereocenters. The molecular formula is C21H30O4. The van der Waals surface area contributed by atoms with Crippen molar-refractivity contribution in [1.82, 2.24) is 0 Å². The molecule has 4 heteroatoms. The summed E-state index contributed by atoms with van der Waals surface area (Å²) in [5.41, 5.74) is 1.03. The number of hydrogen-bond acceptors (Lipinski definition) is 4. The van der Waals surface area contributed by atoms with Crippen LogP contribution in [0.4, 0.5) is 0 Å². The molecule has 0 spiro atoms. The van der Waals surface area contributed by atoms with E-state index in [1.807, 2.05) is 6.08 Å². The molecule has 0 heterocycles. The Bertz CT molecular complexity index is 652. The van der Waals surface area contributed by atoms with Crippen molar-refractivity contribution in [2.45, 2.75) is 71.2 Å². The first kappa shape index (κ1) is 17.3. The molecule has 0 saturated heterocycles. The summed E-state index contributed by atoms with van der Waals surface area (Å²) >= 11 is 0. The molecular weight excluding hydrogens is 316 g/mol. The normalized spacial score (nSPS) is 51.2. The second-order valence-electron chi connectivity index (χ2n) is 9.13. The zero-order valence-corrected chi connectivity index (χ0v) is 15.5. The third-order valence-electron chi connectivity index (χ3n) is 8.02. The number of carbonyl (C=O) groups is 1. The summed E-state index contributed by atoms with van der Waals surface area (Å²) in [6, 6.07) is 0. The highest BCUT2D eigenvalue weighted by atomic mass is 16.7. The first-order chi connectivity index (χ1) is 11.7. The Morgan fingerprint density at radius 3 is 2.68 bits per heavy atom. The molecule has 2 fully saturated rings. The van der Waals surface area contributed by atoms with Gasteiger partial charge in [0.05, 0.1) is 6.10 Å². The topological polar surface area (TPSA) is 66.8 Å². The Labute approximate surface area is 149 Å². The fourth-order valence-corrected chi connectivity index (χ4v) is 6.62. The van der Waals surface area contributed by atoms with Crippen molar-refractivity contribution >= 4 is 5.97 Å². The van der Waals surface area contributed by atoms with Crippen LogP contribution < -0.4 is 0 Å². The molecule has 0 aromatic rings. The molecule has 0 amide bonds. The maximum absolute atomic E-state index is 11.5. The Hall–Kier alpha value is -1.13. The van der Waals surface area contributed by atoms with Crippen LogP contribution in [-0.4, -0.2) is 28.1 Å². The van der Waals surface area contributed by atoms with Gasteiger partial charge in [0.15, 0.2) is 0 Å². The first-order valence-corrected chi connectivity index (χ1v) is 9.68. The van der Waals surface area contributed by atoms with Gasteiger partial charge in [0.2, 0.25) is 5.79 Å². The van der Waals surface area contributed by atoms with E-state index in [9.17, 15) is 15.0 Å². The third-order valence-corrected chi connectivity index (χ3v) is 8.02. The average molecular weight is 346 g/mol. The van der Waals surface area contributed by atoms with E-state index in [4.69, 9.17) is 4.74 Å². The number of allylic oxidation sites excluding steroid dienone is 2. The smallest absolute Gasteiger partial charge is 0.305 e. The number of aliphatic hydroxyl groups is 2. The molecule has 0 aromatic heterocycles. The summed E-state index contributed by atoms with van der Waals surface area (Å²) in [5.74, 6) is -0.317. The number of esters is 1. The Morgan fingerprint density at radius 1 is 1.24 bits per heavy atom. The minimum Gasteiger partial charge on any atom is -0.433 e. The van der Waals surface area contributed by atoms with Crippen molar-refractivity contribution in [2.24, 2.45) is 28.6 Å². The van der Waals surface area contributed by atoms with E-state index in [2.05, 4.69) is 26.0 Å². The summed E-state index contributed by atoms with van der Waals surface area (Å²) in [6.45, 7) is 5.81. The minimum absolute atomic E-state index is 0.0195. The quantitative estimate of drug-likeness (QED) is 0.434. The molecule has 4 nitrogen and oxygen atoms in total. The lowest BCUT2D eigenvalue weighted by atomic mass is 9.49. The van der Waals surface area contributed by atoms with Crippen LogP contribution in [0.3, 0.4) is 0 Å². The van der Waals surface area contributed by atoms with Crippen molar-refractivity contribution in [3.63, 3.8) is 0 Å². The molecule has 2 saturated carbocycles. The van der Waals surface area contributed by atoms with Crippen LogP contribution in [-0.2, 0) is 9.53 Å². The monoisotopic (exact) mass is 346 g/mol. The van der Waals surface area contributed by atoms with Crippen LogP contribution >= 0.6 is 0 Å². The Morgan fingerprint density at radius 2 is 1.96 bits per heavy atom. The molecule has 138 valence electrons. The Balaban J connectivity index is 1.67. The van der Waals surface area contributed by atoms with E-state index < -0.39 is 11.8 Å². The predicted molar refractivity (Wildman–Crippen MR) is 94.3 cm³/mol. The van der Waals surface area contributed by atoms with Gasteiger partial charge in [-0.1, -0.05) is 37.6 Å². The van der Waals surface area contributed by atoms with E-state index in [1.54, 1.807) is 0 Å². The average Bonchev–Trinajstić information content (AvgIpc) is 2.79. The van der Waals surface area contributed by atoms with Gasteiger partial charge in [-0.15, -0.1) is 0 Å². The van der Waals surface area contributed by atoms with E-state index in [0.29, 0.717) is 24.2 Å². The van der Waals surface area contributed by atoms with E-state index >= 15 is 0 Å². The van der Waals surface area contributed by atoms with Gasteiger partial charge in [-0.2, -0.15) is 0 Å². The van der Waals surface area contributed by atoms with Crippen LogP contribution in [0.25, 0.3) is 0 Å². The minimum atomic E-state index is -1.32. The molecule has 0 radical (unpaired) electrons. The van der Waals surface area contributed by atoms with Crippen molar-refractivity contribution in [3.8, 4) is 0 Å². The predicted octanol–water partition coefficient (Wildman–Crippen LogP) is 3.34. The number of aliphatic hydroxyl groups excluding tert-OH is 1. The number of hydrogen-bond donors (Lipinski definition) is 2. The van der Waals surface area contributed by atoms with Gasteiger partial charge in [-0.05, 0) is 49.9 Å². The highest BCUT2D eigenvalue weighted by Gasteiger charge is 2.65. The van der Waals surface area contributed by atoms with Crippen LogP contribution in [0.15, 0.2) is 23.8 Å². The second kappa shape index (κ2) is 5.43. The maximum Gasteiger partial charge on any atom is 0.305 e. The fourth-order valence-electron chi connectivity index (χ4n) is 6.62. The number of rotatable bonds is 1. The van der Waals surface area contributed by atoms with Crippen molar-refractivity contribution < 1.29 is 19.7 Å². The van der Waals surface area contributed by atoms with E-state index in [0.717, 1.165) is 32.1 Å². The highest BCUT2D eigenvalue weighted by molar-refractivity contribution is 5.66. The molecule has 2 N–H and O–H groups in total. The van der Waals surface area contributed by atoms with Gasteiger partial charge in [0, 0.05) is 24.2 Å². The van der Waals surface area contributed by atoms with Crippen LogP contribution in [0.1, 0.15) is 59.3 Å². The number of fused-ring (bicyclic) bond motifs is 5. The lowest BCUT2D eigenvalue weighted by Gasteiger charge is -2.57. The van der Waals surface area contributed by atoms with Crippen molar-refractivity contribution in [2.75, 3.05) is 0 Å². The molecule has 4 aliphatic rings. The fraction of sp³-hybridized carbons (Fsp3) is 0.762. The maximum atomic E-state index is 11.5. The molecule has 0 aromatic carbocycles. The molecule has 0 bridgehead atoms. The van der Waals surface area contributed by atoms with Crippen LogP contribution in [0.2, 0.25) is 0 Å². The van der Waals surface area contributed by atoms with Gasteiger partial charge < -0.3 is 14.9 Å². The Kier molecular flexibility index (Phi) is 3.76. The van der Waals surface area contributed by atoms with Gasteiger partial charge in [0.1, 0.15) is 0 Å². The van der Waals surface area contributed by atoms with E-state index in [-0.39, 0.29) is 16.9 Å². The van der Waals surface area contributed by atoms with Crippen molar-refractivity contribution in [3.05, 3.63) is 23.8 Å². The third kappa shape index (κ3) is 2.30. The SMILES string of the molecule is CC(=O)OC1(O)CC[C@H]2[C@@H]3CC=C4CC(O)C=C[C@]4(C)[C@@H]3CC[C@@]21C. The summed E-state index contributed by atoms with van der Waals surface area (Å²) < 4.78 is 5.45. The van der Waals surface area contributed by atoms with Gasteiger partial charge >= 0.3 is 5.97 Å². The second-order valence-corrected chi connectivity index (χ2v) is 9.13. The summed E-state index contributed by atoms with van der Waals surface area (Å²) in [6.07, 6.45) is 11.3. The highest BCUT2D eigenvalue weighted by Crippen LogP contribution is 2.66. The lowest BCUT2D eigenvalue weighted by Crippen LogP contribution is -2.55. The summed E-state index contributed by atoms with van der Waals surface area (Å²) in [4.78, 5) is 11.5. The lowest BCUT2D eigenvalue weighted by molar-refractivity contribution is -0.261. The first-order valence-electron chi connectivity index (χ1n) is 9.68. The molecule has 4 aliphatic carbocycles. The van der Waals surface area contributed by atoms with Crippen LogP contribution in [0, 0.1) is 28.6 Å². The van der Waals surface area contributed by atoms with E-state index in [1.165, 1.54) is 12.5 Å². The zero-order chi connectivity index (χ0) is 18.0. The molecule has 2 unspecified atom stereocenters. The molecule has 0 aliphatic heterocycles. The standard InChI is InChI=1S/C21H30O4/c1-13(22)25-21(24)11-8-18-16-5-4-14-12-15(23)6-9-19(14,2)17(16)7-10-20(18,21)3/h4,6,9,15-18,23-24H,5,7-8,10-12H2,1-3H3/t15?,16-,17-,18+,19+,20+,21?/m1/s1. The molecule has 25 heavy (non-hydrogen) atoms. The zero-order valence-electron chi connectivity index (χ0n) is 15.5.